The number of sulfonamides is 1. The predicted molar refractivity (Wildman–Crippen MR) is 117 cm³/mol. The summed E-state index contributed by atoms with van der Waals surface area (Å²) in [7, 11) is -3.61. The normalized spacial score (nSPS) is 15.7. The second kappa shape index (κ2) is 9.61. The number of halogens is 1. The number of carbonyl (C=O) groups excluding carboxylic acids is 1. The zero-order valence-corrected chi connectivity index (χ0v) is 18.1. The van der Waals surface area contributed by atoms with E-state index in [0.29, 0.717) is 23.8 Å². The number of benzene rings is 2. The van der Waals surface area contributed by atoms with E-state index < -0.39 is 10.0 Å². The van der Waals surface area contributed by atoms with Crippen LogP contribution < -0.4 is 4.31 Å². The predicted octanol–water partition coefficient (Wildman–Crippen LogP) is 2.84. The van der Waals surface area contributed by atoms with Crippen molar-refractivity contribution in [1.29, 1.82) is 0 Å². The highest BCUT2D eigenvalue weighted by molar-refractivity contribution is 7.92. The molecule has 0 atom stereocenters. The Labute approximate surface area is 177 Å². The van der Waals surface area contributed by atoms with Crippen molar-refractivity contribution in [2.24, 2.45) is 0 Å². The average Bonchev–Trinajstić information content (AvgIpc) is 2.91. The molecule has 156 valence electrons. The molecular formula is C21H26ClN3O3S. The van der Waals surface area contributed by atoms with Crippen LogP contribution in [0.1, 0.15) is 12.0 Å². The minimum absolute atomic E-state index is 0.197. The molecule has 0 radical (unpaired) electrons. The largest absolute Gasteiger partial charge is 0.340 e. The van der Waals surface area contributed by atoms with Gasteiger partial charge in [0.25, 0.3) is 0 Å². The smallest absolute Gasteiger partial charge is 0.243 e. The van der Waals surface area contributed by atoms with Crippen molar-refractivity contribution in [3.05, 3.63) is 65.2 Å². The summed E-state index contributed by atoms with van der Waals surface area (Å²) >= 11 is 6.01. The van der Waals surface area contributed by atoms with Crippen LogP contribution in [-0.2, 0) is 21.4 Å². The lowest BCUT2D eigenvalue weighted by Crippen LogP contribution is -2.44. The molecule has 1 amide bonds. The molecule has 0 aliphatic carbocycles. The molecule has 8 heteroatoms. The molecule has 0 aromatic heterocycles. The molecule has 0 N–H and O–H groups in total. The third kappa shape index (κ3) is 6.19. The van der Waals surface area contributed by atoms with E-state index in [2.05, 4.69) is 17.0 Å². The highest BCUT2D eigenvalue weighted by Gasteiger charge is 2.25. The molecule has 0 saturated carbocycles. The SMILES string of the molecule is CS(=O)(=O)N(CC(=O)N1CCCN(Cc2ccccc2)CC1)c1cccc(Cl)c1. The van der Waals surface area contributed by atoms with Crippen LogP contribution in [0.3, 0.4) is 0 Å². The first-order chi connectivity index (χ1) is 13.8. The summed E-state index contributed by atoms with van der Waals surface area (Å²) in [4.78, 5) is 17.0. The van der Waals surface area contributed by atoms with Crippen LogP contribution in [0.4, 0.5) is 5.69 Å². The molecule has 1 fully saturated rings. The number of amides is 1. The highest BCUT2D eigenvalue weighted by atomic mass is 35.5. The van der Waals surface area contributed by atoms with Gasteiger partial charge in [-0.1, -0.05) is 48.0 Å². The summed E-state index contributed by atoms with van der Waals surface area (Å²) in [5.41, 5.74) is 1.64. The third-order valence-electron chi connectivity index (χ3n) is 4.97. The molecule has 0 bridgehead atoms. The lowest BCUT2D eigenvalue weighted by atomic mass is 10.2. The summed E-state index contributed by atoms with van der Waals surface area (Å²) in [5, 5.41) is 0.426. The Morgan fingerprint density at radius 3 is 2.48 bits per heavy atom. The zero-order chi connectivity index (χ0) is 20.9. The van der Waals surface area contributed by atoms with Crippen molar-refractivity contribution in [2.45, 2.75) is 13.0 Å². The van der Waals surface area contributed by atoms with Crippen LogP contribution >= 0.6 is 11.6 Å². The lowest BCUT2D eigenvalue weighted by molar-refractivity contribution is -0.129. The first kappa shape index (κ1) is 21.6. The lowest BCUT2D eigenvalue weighted by Gasteiger charge is -2.27. The molecule has 1 aliphatic heterocycles. The quantitative estimate of drug-likeness (QED) is 0.700. The summed E-state index contributed by atoms with van der Waals surface area (Å²) in [6.07, 6.45) is 1.96. The van der Waals surface area contributed by atoms with Gasteiger partial charge in [-0.05, 0) is 30.2 Å². The van der Waals surface area contributed by atoms with Crippen LogP contribution in [0.2, 0.25) is 5.02 Å². The molecular weight excluding hydrogens is 410 g/mol. The molecule has 1 aliphatic rings. The van der Waals surface area contributed by atoms with Crippen molar-refractivity contribution in [2.75, 3.05) is 43.3 Å². The molecule has 1 heterocycles. The fraction of sp³-hybridized carbons (Fsp3) is 0.381. The fourth-order valence-electron chi connectivity index (χ4n) is 3.47. The van der Waals surface area contributed by atoms with Gasteiger partial charge >= 0.3 is 0 Å². The van der Waals surface area contributed by atoms with E-state index in [9.17, 15) is 13.2 Å². The standard InChI is InChI=1S/C21H26ClN3O3S/c1-29(27,28)25(20-10-5-9-19(22)15-20)17-21(26)24-12-6-11-23(13-14-24)16-18-7-3-2-4-8-18/h2-5,7-10,15H,6,11-14,16-17H2,1H3. The molecule has 6 nitrogen and oxygen atoms in total. The van der Waals surface area contributed by atoms with E-state index in [4.69, 9.17) is 11.6 Å². The minimum atomic E-state index is -3.61. The van der Waals surface area contributed by atoms with Crippen LogP contribution in [0.15, 0.2) is 54.6 Å². The van der Waals surface area contributed by atoms with Gasteiger partial charge in [0, 0.05) is 37.7 Å². The van der Waals surface area contributed by atoms with Gasteiger partial charge in [-0.3, -0.25) is 14.0 Å². The van der Waals surface area contributed by atoms with Gasteiger partial charge in [-0.2, -0.15) is 0 Å². The van der Waals surface area contributed by atoms with Crippen LogP contribution in [-0.4, -0.2) is 63.1 Å². The molecule has 1 saturated heterocycles. The molecule has 2 aromatic carbocycles. The molecule has 0 unspecified atom stereocenters. The summed E-state index contributed by atoms with van der Waals surface area (Å²) < 4.78 is 25.7. The number of hydrogen-bond acceptors (Lipinski definition) is 4. The highest BCUT2D eigenvalue weighted by Crippen LogP contribution is 2.22. The molecule has 29 heavy (non-hydrogen) atoms. The van der Waals surface area contributed by atoms with Gasteiger partial charge in [0.05, 0.1) is 11.9 Å². The van der Waals surface area contributed by atoms with Gasteiger partial charge in [-0.25, -0.2) is 8.42 Å². The Morgan fingerprint density at radius 2 is 1.79 bits per heavy atom. The molecule has 2 aromatic rings. The van der Waals surface area contributed by atoms with E-state index in [1.54, 1.807) is 29.2 Å². The van der Waals surface area contributed by atoms with Crippen molar-refractivity contribution in [1.82, 2.24) is 9.80 Å². The second-order valence-electron chi connectivity index (χ2n) is 7.25. The van der Waals surface area contributed by atoms with Gasteiger partial charge in [-0.15, -0.1) is 0 Å². The first-order valence-electron chi connectivity index (χ1n) is 9.60. The van der Waals surface area contributed by atoms with E-state index in [1.165, 1.54) is 5.56 Å². The van der Waals surface area contributed by atoms with Crippen molar-refractivity contribution in [3.8, 4) is 0 Å². The van der Waals surface area contributed by atoms with Gasteiger partial charge in [0.2, 0.25) is 15.9 Å². The zero-order valence-electron chi connectivity index (χ0n) is 16.5. The van der Waals surface area contributed by atoms with E-state index in [-0.39, 0.29) is 12.5 Å². The minimum Gasteiger partial charge on any atom is -0.340 e. The number of nitrogens with zero attached hydrogens (tertiary/aromatic N) is 3. The maximum Gasteiger partial charge on any atom is 0.243 e. The monoisotopic (exact) mass is 435 g/mol. The molecule has 3 rings (SSSR count). The van der Waals surface area contributed by atoms with Crippen LogP contribution in [0.5, 0.6) is 0 Å². The Hall–Kier alpha value is -2.09. The maximum atomic E-state index is 12.9. The fourth-order valence-corrected chi connectivity index (χ4v) is 4.50. The Kier molecular flexibility index (Phi) is 7.16. The number of carbonyl (C=O) groups is 1. The van der Waals surface area contributed by atoms with Gasteiger partial charge in [0.1, 0.15) is 6.54 Å². The average molecular weight is 436 g/mol. The number of hydrogen-bond donors (Lipinski definition) is 0. The molecule has 0 spiro atoms. The summed E-state index contributed by atoms with van der Waals surface area (Å²) in [5.74, 6) is -0.197. The Balaban J connectivity index is 1.64. The second-order valence-corrected chi connectivity index (χ2v) is 9.59. The third-order valence-corrected chi connectivity index (χ3v) is 6.34. The van der Waals surface area contributed by atoms with Crippen molar-refractivity contribution in [3.63, 3.8) is 0 Å². The van der Waals surface area contributed by atoms with E-state index >= 15 is 0 Å². The summed E-state index contributed by atoms with van der Waals surface area (Å²) in [6, 6.07) is 16.8. The van der Waals surface area contributed by atoms with Crippen LogP contribution in [0.25, 0.3) is 0 Å². The van der Waals surface area contributed by atoms with Crippen LogP contribution in [0, 0.1) is 0 Å². The van der Waals surface area contributed by atoms with Gasteiger partial charge < -0.3 is 4.90 Å². The first-order valence-corrected chi connectivity index (χ1v) is 11.8. The van der Waals surface area contributed by atoms with E-state index in [1.807, 2.05) is 18.2 Å². The van der Waals surface area contributed by atoms with Gasteiger partial charge in [0.15, 0.2) is 0 Å². The van der Waals surface area contributed by atoms with Crippen molar-refractivity contribution < 1.29 is 13.2 Å². The number of anilines is 1. The summed E-state index contributed by atoms with van der Waals surface area (Å²) in [6.45, 7) is 3.49. The maximum absolute atomic E-state index is 12.9. The number of rotatable bonds is 6. The van der Waals surface area contributed by atoms with E-state index in [0.717, 1.165) is 36.6 Å². The Bertz CT molecular complexity index is 937. The topological polar surface area (TPSA) is 60.9 Å². The Morgan fingerprint density at radius 1 is 1.03 bits per heavy atom. The van der Waals surface area contributed by atoms with Crippen molar-refractivity contribution >= 4 is 33.2 Å².